The number of nitrogens with zero attached hydrogens (tertiary/aromatic N) is 2. The first-order chi connectivity index (χ1) is 8.49. The molecule has 0 aliphatic rings. The summed E-state index contributed by atoms with van der Waals surface area (Å²) in [5.41, 5.74) is 5.78. The predicted molar refractivity (Wildman–Crippen MR) is 80.8 cm³/mol. The van der Waals surface area contributed by atoms with Gasteiger partial charge >= 0.3 is 0 Å². The van der Waals surface area contributed by atoms with Crippen LogP contribution < -0.4 is 16.0 Å². The second-order valence-electron chi connectivity index (χ2n) is 3.98. The van der Waals surface area contributed by atoms with Crippen LogP contribution in [0.1, 0.15) is 23.5 Å². The molecule has 1 rings (SSSR count). The highest BCUT2D eigenvalue weighted by atomic mass is 32.2. The Morgan fingerprint density at radius 1 is 1.67 bits per heavy atom. The van der Waals surface area contributed by atoms with Crippen molar-refractivity contribution in [3.05, 3.63) is 4.88 Å². The molecule has 1 aromatic heterocycles. The Labute approximate surface area is 116 Å². The predicted octanol–water partition coefficient (Wildman–Crippen LogP) is 1.66. The zero-order valence-corrected chi connectivity index (χ0v) is 12.8. The molecule has 0 fully saturated rings. The molecule has 102 valence electrons. The van der Waals surface area contributed by atoms with Crippen molar-refractivity contribution in [3.63, 3.8) is 0 Å². The van der Waals surface area contributed by atoms with Crippen molar-refractivity contribution in [1.29, 1.82) is 0 Å². The van der Waals surface area contributed by atoms with Crippen LogP contribution in [-0.2, 0) is 0 Å². The van der Waals surface area contributed by atoms with Gasteiger partial charge in [0.25, 0.3) is 5.91 Å². The van der Waals surface area contributed by atoms with E-state index in [-0.39, 0.29) is 5.91 Å². The molecule has 0 bridgehead atoms. The second-order valence-corrected chi connectivity index (χ2v) is 6.23. The van der Waals surface area contributed by atoms with Crippen LogP contribution >= 0.6 is 23.1 Å². The van der Waals surface area contributed by atoms with Gasteiger partial charge in [-0.3, -0.25) is 4.79 Å². The molecule has 0 aliphatic carbocycles. The third-order valence-corrected chi connectivity index (χ3v) is 4.76. The average molecular weight is 288 g/mol. The lowest BCUT2D eigenvalue weighted by Gasteiger charge is -2.11. The highest BCUT2D eigenvalue weighted by molar-refractivity contribution is 7.99. The van der Waals surface area contributed by atoms with Gasteiger partial charge in [0.15, 0.2) is 5.13 Å². The van der Waals surface area contributed by atoms with E-state index < -0.39 is 0 Å². The van der Waals surface area contributed by atoms with Gasteiger partial charge < -0.3 is 16.0 Å². The molecule has 1 aromatic rings. The van der Waals surface area contributed by atoms with Crippen molar-refractivity contribution in [3.8, 4) is 0 Å². The first-order valence-electron chi connectivity index (χ1n) is 5.78. The summed E-state index contributed by atoms with van der Waals surface area (Å²) in [5.74, 6) is 0.172. The van der Waals surface area contributed by atoms with Crippen LogP contribution in [0.3, 0.4) is 0 Å². The van der Waals surface area contributed by atoms with E-state index in [0.717, 1.165) is 11.7 Å². The molecule has 1 amide bonds. The van der Waals surface area contributed by atoms with E-state index >= 15 is 0 Å². The number of nitrogen functional groups attached to an aromatic ring is 1. The number of thioether (sulfide) groups is 1. The standard InChI is InChI=1S/C11H20N4OS2/c1-5-15(3)11-14-9(12)8(18-11)10(16)13-6-7(2)17-4/h7H,5-6,12H2,1-4H3,(H,13,16). The second kappa shape index (κ2) is 6.84. The lowest BCUT2D eigenvalue weighted by atomic mass is 10.4. The Kier molecular flexibility index (Phi) is 5.74. The number of anilines is 2. The summed E-state index contributed by atoms with van der Waals surface area (Å²) in [6.07, 6.45) is 2.02. The molecule has 0 saturated carbocycles. The number of hydrogen-bond acceptors (Lipinski definition) is 6. The molecule has 5 nitrogen and oxygen atoms in total. The Morgan fingerprint density at radius 3 is 2.89 bits per heavy atom. The molecule has 3 N–H and O–H groups in total. The fraction of sp³-hybridized carbons (Fsp3) is 0.636. The van der Waals surface area contributed by atoms with Gasteiger partial charge in [-0.05, 0) is 13.2 Å². The molecule has 0 spiro atoms. The van der Waals surface area contributed by atoms with Gasteiger partial charge in [-0.25, -0.2) is 4.98 Å². The number of aromatic nitrogens is 1. The van der Waals surface area contributed by atoms with Crippen LogP contribution in [-0.4, -0.2) is 42.5 Å². The van der Waals surface area contributed by atoms with Gasteiger partial charge in [0.2, 0.25) is 0 Å². The van der Waals surface area contributed by atoms with E-state index in [1.807, 2.05) is 25.1 Å². The van der Waals surface area contributed by atoms with Crippen LogP contribution in [0.2, 0.25) is 0 Å². The normalized spacial score (nSPS) is 12.2. The largest absolute Gasteiger partial charge is 0.382 e. The number of thiazole rings is 1. The SMILES string of the molecule is CCN(C)c1nc(N)c(C(=O)NCC(C)SC)s1. The molecule has 0 aromatic carbocycles. The molecule has 1 heterocycles. The molecule has 1 unspecified atom stereocenters. The Morgan fingerprint density at radius 2 is 2.33 bits per heavy atom. The minimum absolute atomic E-state index is 0.137. The number of nitrogens with one attached hydrogen (secondary N) is 1. The maximum absolute atomic E-state index is 12.0. The maximum atomic E-state index is 12.0. The number of rotatable bonds is 6. The number of hydrogen-bond donors (Lipinski definition) is 2. The minimum Gasteiger partial charge on any atom is -0.382 e. The van der Waals surface area contributed by atoms with Crippen molar-refractivity contribution in [2.24, 2.45) is 0 Å². The fourth-order valence-electron chi connectivity index (χ4n) is 1.18. The highest BCUT2D eigenvalue weighted by Crippen LogP contribution is 2.27. The van der Waals surface area contributed by atoms with E-state index in [4.69, 9.17) is 5.73 Å². The molecular weight excluding hydrogens is 268 g/mol. The minimum atomic E-state index is -0.137. The summed E-state index contributed by atoms with van der Waals surface area (Å²) in [6.45, 7) is 5.56. The van der Waals surface area contributed by atoms with Crippen molar-refractivity contribution in [2.75, 3.05) is 37.0 Å². The van der Waals surface area contributed by atoms with Gasteiger partial charge in [-0.15, -0.1) is 0 Å². The van der Waals surface area contributed by atoms with Crippen LogP contribution in [0.4, 0.5) is 10.9 Å². The lowest BCUT2D eigenvalue weighted by molar-refractivity contribution is 0.0959. The lowest BCUT2D eigenvalue weighted by Crippen LogP contribution is -2.29. The Hall–Kier alpha value is -0.950. The zero-order chi connectivity index (χ0) is 13.7. The van der Waals surface area contributed by atoms with E-state index in [1.54, 1.807) is 11.8 Å². The summed E-state index contributed by atoms with van der Waals surface area (Å²) in [7, 11) is 1.93. The Bertz CT molecular complexity index is 408. The number of nitrogens with two attached hydrogens (primary N) is 1. The highest BCUT2D eigenvalue weighted by Gasteiger charge is 2.17. The van der Waals surface area contributed by atoms with Crippen LogP contribution in [0, 0.1) is 0 Å². The van der Waals surface area contributed by atoms with Gasteiger partial charge in [0.1, 0.15) is 10.7 Å². The van der Waals surface area contributed by atoms with E-state index in [0.29, 0.717) is 22.5 Å². The van der Waals surface area contributed by atoms with Gasteiger partial charge in [0.05, 0.1) is 0 Å². The van der Waals surface area contributed by atoms with Crippen molar-refractivity contribution in [2.45, 2.75) is 19.1 Å². The molecule has 1 atom stereocenters. The smallest absolute Gasteiger partial charge is 0.265 e. The van der Waals surface area contributed by atoms with Gasteiger partial charge in [0, 0.05) is 25.4 Å². The monoisotopic (exact) mass is 288 g/mol. The fourth-order valence-corrected chi connectivity index (χ4v) is 2.36. The van der Waals surface area contributed by atoms with E-state index in [2.05, 4.69) is 17.2 Å². The van der Waals surface area contributed by atoms with Crippen LogP contribution in [0.15, 0.2) is 0 Å². The Balaban J connectivity index is 2.71. The van der Waals surface area contributed by atoms with Crippen molar-refractivity contribution in [1.82, 2.24) is 10.3 Å². The topological polar surface area (TPSA) is 71.2 Å². The zero-order valence-electron chi connectivity index (χ0n) is 11.2. The van der Waals surface area contributed by atoms with Crippen molar-refractivity contribution < 1.29 is 4.79 Å². The third kappa shape index (κ3) is 3.78. The third-order valence-electron chi connectivity index (χ3n) is 2.60. The summed E-state index contributed by atoms with van der Waals surface area (Å²) in [5, 5.41) is 4.04. The summed E-state index contributed by atoms with van der Waals surface area (Å²) < 4.78 is 0. The maximum Gasteiger partial charge on any atom is 0.265 e. The number of carbonyl (C=O) groups excluding carboxylic acids is 1. The average Bonchev–Trinajstić information content (AvgIpc) is 2.76. The van der Waals surface area contributed by atoms with E-state index in [1.165, 1.54) is 11.3 Å². The molecule has 7 heteroatoms. The van der Waals surface area contributed by atoms with Gasteiger partial charge in [-0.1, -0.05) is 18.3 Å². The van der Waals surface area contributed by atoms with Crippen molar-refractivity contribution >= 4 is 40.0 Å². The van der Waals surface area contributed by atoms with Crippen LogP contribution in [0.25, 0.3) is 0 Å². The molecular formula is C11H20N4OS2. The summed E-state index contributed by atoms with van der Waals surface area (Å²) >= 11 is 3.04. The molecule has 0 radical (unpaired) electrons. The summed E-state index contributed by atoms with van der Waals surface area (Å²) in [4.78, 5) is 18.6. The molecule has 0 aliphatic heterocycles. The first-order valence-corrected chi connectivity index (χ1v) is 7.88. The van der Waals surface area contributed by atoms with Crippen LogP contribution in [0.5, 0.6) is 0 Å². The molecule has 18 heavy (non-hydrogen) atoms. The van der Waals surface area contributed by atoms with E-state index in [9.17, 15) is 4.79 Å². The number of carbonyl (C=O) groups is 1. The summed E-state index contributed by atoms with van der Waals surface area (Å²) in [6, 6.07) is 0. The quantitative estimate of drug-likeness (QED) is 0.833. The van der Waals surface area contributed by atoms with Gasteiger partial charge in [-0.2, -0.15) is 11.8 Å². The number of amides is 1. The first kappa shape index (κ1) is 15.1. The molecule has 0 saturated heterocycles.